The molecule has 26 heavy (non-hydrogen) atoms. The number of hydrogen-bond acceptors (Lipinski definition) is 4. The first kappa shape index (κ1) is 17.5. The van der Waals surface area contributed by atoms with Gasteiger partial charge in [0.05, 0.1) is 6.04 Å². The number of sulfonamides is 1. The first-order valence-corrected chi connectivity index (χ1v) is 10.3. The summed E-state index contributed by atoms with van der Waals surface area (Å²) in [6.45, 7) is 1.05. The molecule has 2 aliphatic rings. The molecule has 0 amide bonds. The Hall–Kier alpha value is -1.87. The molecule has 0 N–H and O–H groups in total. The molecule has 3 heterocycles. The van der Waals surface area contributed by atoms with Crippen LogP contribution in [-0.2, 0) is 23.0 Å². The lowest BCUT2D eigenvalue weighted by Crippen LogP contribution is -2.33. The van der Waals surface area contributed by atoms with E-state index in [1.807, 2.05) is 4.57 Å². The molecule has 1 saturated heterocycles. The SMILES string of the molecule is O=S(=O)(c1ccc(F)cc1F)N1CCCC1c1nnc2n1CCCCC2. The first-order valence-electron chi connectivity index (χ1n) is 8.87. The molecule has 140 valence electrons. The third-order valence-electron chi connectivity index (χ3n) is 5.12. The van der Waals surface area contributed by atoms with Gasteiger partial charge in [0.15, 0.2) is 5.82 Å². The van der Waals surface area contributed by atoms with Gasteiger partial charge in [-0.3, -0.25) is 0 Å². The van der Waals surface area contributed by atoms with Gasteiger partial charge in [-0.2, -0.15) is 4.31 Å². The summed E-state index contributed by atoms with van der Waals surface area (Å²) in [6, 6.07) is 2.08. The monoisotopic (exact) mass is 382 g/mol. The van der Waals surface area contributed by atoms with Crippen molar-refractivity contribution in [1.29, 1.82) is 0 Å². The van der Waals surface area contributed by atoms with Crippen molar-refractivity contribution in [3.63, 3.8) is 0 Å². The van der Waals surface area contributed by atoms with Gasteiger partial charge in [-0.05, 0) is 37.8 Å². The van der Waals surface area contributed by atoms with Crippen LogP contribution < -0.4 is 0 Å². The lowest BCUT2D eigenvalue weighted by molar-refractivity contribution is 0.368. The zero-order chi connectivity index (χ0) is 18.3. The fourth-order valence-corrected chi connectivity index (χ4v) is 5.55. The predicted molar refractivity (Wildman–Crippen MR) is 89.8 cm³/mol. The van der Waals surface area contributed by atoms with Gasteiger partial charge in [0.1, 0.15) is 22.4 Å². The van der Waals surface area contributed by atoms with E-state index < -0.39 is 32.6 Å². The summed E-state index contributed by atoms with van der Waals surface area (Å²) in [5.41, 5.74) is 0. The number of rotatable bonds is 3. The quantitative estimate of drug-likeness (QED) is 0.819. The maximum atomic E-state index is 14.1. The summed E-state index contributed by atoms with van der Waals surface area (Å²) in [7, 11) is -4.09. The maximum absolute atomic E-state index is 14.1. The van der Waals surface area contributed by atoms with Crippen LogP contribution in [-0.4, -0.2) is 34.0 Å². The van der Waals surface area contributed by atoms with Crippen LogP contribution >= 0.6 is 0 Å². The van der Waals surface area contributed by atoms with Crippen molar-refractivity contribution in [3.05, 3.63) is 41.5 Å². The second kappa shape index (κ2) is 6.70. The lowest BCUT2D eigenvalue weighted by atomic mass is 10.2. The van der Waals surface area contributed by atoms with Gasteiger partial charge in [-0.1, -0.05) is 6.42 Å². The Morgan fingerprint density at radius 2 is 1.88 bits per heavy atom. The molecular formula is C17H20F2N4O2S. The molecule has 1 aromatic carbocycles. The van der Waals surface area contributed by atoms with Crippen LogP contribution in [0.15, 0.2) is 23.1 Å². The van der Waals surface area contributed by atoms with Crippen LogP contribution in [0.4, 0.5) is 8.78 Å². The van der Waals surface area contributed by atoms with Gasteiger partial charge in [0.2, 0.25) is 10.0 Å². The van der Waals surface area contributed by atoms with E-state index in [1.54, 1.807) is 0 Å². The summed E-state index contributed by atoms with van der Waals surface area (Å²) in [5.74, 6) is -0.363. The highest BCUT2D eigenvalue weighted by Crippen LogP contribution is 2.37. The Labute approximate surface area is 150 Å². The van der Waals surface area contributed by atoms with E-state index in [0.717, 1.165) is 50.2 Å². The fourth-order valence-electron chi connectivity index (χ4n) is 3.85. The molecule has 6 nitrogen and oxygen atoms in total. The Morgan fingerprint density at radius 3 is 2.69 bits per heavy atom. The summed E-state index contributed by atoms with van der Waals surface area (Å²) < 4.78 is 56.6. The number of benzene rings is 1. The first-order chi connectivity index (χ1) is 12.5. The smallest absolute Gasteiger partial charge is 0.246 e. The molecule has 1 aromatic heterocycles. The van der Waals surface area contributed by atoms with Crippen LogP contribution in [0.3, 0.4) is 0 Å². The zero-order valence-corrected chi connectivity index (χ0v) is 15.1. The molecule has 1 fully saturated rings. The highest BCUT2D eigenvalue weighted by molar-refractivity contribution is 7.89. The molecule has 0 aliphatic carbocycles. The van der Waals surface area contributed by atoms with Gasteiger partial charge in [-0.25, -0.2) is 17.2 Å². The normalized spacial score (nSPS) is 21.5. The number of fused-ring (bicyclic) bond motifs is 1. The molecule has 9 heteroatoms. The fraction of sp³-hybridized carbons (Fsp3) is 0.529. The van der Waals surface area contributed by atoms with Crippen molar-refractivity contribution in [2.24, 2.45) is 0 Å². The summed E-state index contributed by atoms with van der Waals surface area (Å²) in [5, 5.41) is 8.52. The molecule has 0 bridgehead atoms. The standard InChI is InChI=1S/C17H20F2N4O2S/c18-12-7-8-15(13(19)11-12)26(24,25)23-10-4-5-14(23)17-21-20-16-6-2-1-3-9-22(16)17/h7-8,11,14H,1-6,9-10H2. The molecule has 1 atom stereocenters. The summed E-state index contributed by atoms with van der Waals surface area (Å²) >= 11 is 0. The molecule has 1 unspecified atom stereocenters. The molecule has 4 rings (SSSR count). The third-order valence-corrected chi connectivity index (χ3v) is 7.06. The van der Waals surface area contributed by atoms with Crippen LogP contribution in [0.1, 0.15) is 49.8 Å². The van der Waals surface area contributed by atoms with Crippen molar-refractivity contribution in [2.45, 2.75) is 56.0 Å². The van der Waals surface area contributed by atoms with Crippen molar-refractivity contribution in [1.82, 2.24) is 19.1 Å². The Morgan fingerprint density at radius 1 is 1.04 bits per heavy atom. The minimum Gasteiger partial charge on any atom is -0.314 e. The minimum atomic E-state index is -4.09. The Bertz CT molecular complexity index is 929. The average Bonchev–Trinajstić information content (AvgIpc) is 3.16. The number of nitrogens with zero attached hydrogens (tertiary/aromatic N) is 4. The van der Waals surface area contributed by atoms with E-state index in [1.165, 1.54) is 4.31 Å². The maximum Gasteiger partial charge on any atom is 0.246 e. The Kier molecular flexibility index (Phi) is 4.52. The van der Waals surface area contributed by atoms with E-state index >= 15 is 0 Å². The number of aryl methyl sites for hydroxylation is 1. The second-order valence-electron chi connectivity index (χ2n) is 6.79. The van der Waals surface area contributed by atoms with E-state index in [0.29, 0.717) is 24.7 Å². The average molecular weight is 382 g/mol. The lowest BCUT2D eigenvalue weighted by Gasteiger charge is -2.24. The minimum absolute atomic E-state index is 0.284. The largest absolute Gasteiger partial charge is 0.314 e. The van der Waals surface area contributed by atoms with Gasteiger partial charge in [0, 0.05) is 25.6 Å². The molecule has 2 aromatic rings. The number of aromatic nitrogens is 3. The van der Waals surface area contributed by atoms with Gasteiger partial charge >= 0.3 is 0 Å². The Balaban J connectivity index is 1.72. The zero-order valence-electron chi connectivity index (χ0n) is 14.2. The van der Waals surface area contributed by atoms with Crippen molar-refractivity contribution in [3.8, 4) is 0 Å². The summed E-state index contributed by atoms with van der Waals surface area (Å²) in [6.07, 6.45) is 5.26. The highest BCUT2D eigenvalue weighted by atomic mass is 32.2. The van der Waals surface area contributed by atoms with Crippen molar-refractivity contribution >= 4 is 10.0 Å². The van der Waals surface area contributed by atoms with Gasteiger partial charge in [-0.15, -0.1) is 10.2 Å². The van der Waals surface area contributed by atoms with Crippen LogP contribution in [0.2, 0.25) is 0 Å². The van der Waals surface area contributed by atoms with Gasteiger partial charge < -0.3 is 4.57 Å². The van der Waals surface area contributed by atoms with Crippen molar-refractivity contribution < 1.29 is 17.2 Å². The number of hydrogen-bond donors (Lipinski definition) is 0. The summed E-state index contributed by atoms with van der Waals surface area (Å²) in [4.78, 5) is -0.499. The van der Waals surface area contributed by atoms with E-state index in [2.05, 4.69) is 10.2 Å². The molecule has 2 aliphatic heterocycles. The van der Waals surface area contributed by atoms with Crippen LogP contribution in [0.25, 0.3) is 0 Å². The van der Waals surface area contributed by atoms with E-state index in [-0.39, 0.29) is 6.54 Å². The van der Waals surface area contributed by atoms with Gasteiger partial charge in [0.25, 0.3) is 0 Å². The molecular weight excluding hydrogens is 362 g/mol. The second-order valence-corrected chi connectivity index (χ2v) is 8.64. The van der Waals surface area contributed by atoms with E-state index in [4.69, 9.17) is 0 Å². The predicted octanol–water partition coefficient (Wildman–Crippen LogP) is 2.81. The van der Waals surface area contributed by atoms with E-state index in [9.17, 15) is 17.2 Å². The topological polar surface area (TPSA) is 68.1 Å². The molecule has 0 radical (unpaired) electrons. The number of halogens is 2. The van der Waals surface area contributed by atoms with Crippen LogP contribution in [0, 0.1) is 11.6 Å². The van der Waals surface area contributed by atoms with Crippen LogP contribution in [0.5, 0.6) is 0 Å². The highest BCUT2D eigenvalue weighted by Gasteiger charge is 2.40. The third kappa shape index (κ3) is 2.92. The molecule has 0 saturated carbocycles. The van der Waals surface area contributed by atoms with Crippen molar-refractivity contribution in [2.75, 3.05) is 6.54 Å². The molecule has 0 spiro atoms.